The summed E-state index contributed by atoms with van der Waals surface area (Å²) in [7, 11) is 0. The summed E-state index contributed by atoms with van der Waals surface area (Å²) in [5, 5.41) is 2.99. The number of amides is 1. The van der Waals surface area contributed by atoms with Gasteiger partial charge in [0.15, 0.2) is 0 Å². The normalized spacial score (nSPS) is 16.0. The number of nitrogens with two attached hydrogens (primary N) is 1. The lowest BCUT2D eigenvalue weighted by molar-refractivity contribution is -0.119. The fraction of sp³-hybridized carbons (Fsp3) is 0.188. The van der Waals surface area contributed by atoms with Crippen LogP contribution in [0.2, 0.25) is 0 Å². The molecule has 0 aliphatic carbocycles. The van der Waals surface area contributed by atoms with Gasteiger partial charge < -0.3 is 11.1 Å². The van der Waals surface area contributed by atoms with E-state index in [9.17, 15) is 4.79 Å². The van der Waals surface area contributed by atoms with Crippen LogP contribution in [0.5, 0.6) is 0 Å². The molecule has 1 aliphatic rings. The number of nitrogen functional groups attached to an aromatic ring is 1. The van der Waals surface area contributed by atoms with Crippen LogP contribution in [-0.4, -0.2) is 5.91 Å². The number of nitrogens with one attached hydrogen (secondary N) is 1. The molecule has 0 bridgehead atoms. The van der Waals surface area contributed by atoms with Gasteiger partial charge in [-0.05, 0) is 37.1 Å². The van der Waals surface area contributed by atoms with E-state index in [2.05, 4.69) is 5.32 Å². The van der Waals surface area contributed by atoms with Crippen molar-refractivity contribution in [3.05, 3.63) is 48.0 Å². The molecule has 0 saturated heterocycles. The quantitative estimate of drug-likeness (QED) is 0.766. The lowest BCUT2D eigenvalue weighted by Crippen LogP contribution is -2.26. The molecule has 3 N–H and O–H groups in total. The minimum atomic E-state index is -0.533. The predicted molar refractivity (Wildman–Crippen MR) is 77.9 cm³/mol. The van der Waals surface area contributed by atoms with Crippen LogP contribution in [-0.2, 0) is 10.2 Å². The molecule has 3 rings (SSSR count). The smallest absolute Gasteiger partial charge is 0.234 e. The highest BCUT2D eigenvalue weighted by Gasteiger charge is 2.39. The predicted octanol–water partition coefficient (Wildman–Crippen LogP) is 3.17. The molecule has 96 valence electrons. The summed E-state index contributed by atoms with van der Waals surface area (Å²) in [6.07, 6.45) is 0. The third-order valence-electron chi connectivity index (χ3n) is 3.73. The first-order valence-corrected chi connectivity index (χ1v) is 6.31. The zero-order chi connectivity index (χ0) is 13.6. The SMILES string of the molecule is CC1(C)C(=O)Nc2c(-c3ccccc3)cc(N)cc21. The van der Waals surface area contributed by atoms with Gasteiger partial charge in [-0.1, -0.05) is 30.3 Å². The number of anilines is 2. The van der Waals surface area contributed by atoms with Gasteiger partial charge in [-0.25, -0.2) is 0 Å². The van der Waals surface area contributed by atoms with E-state index >= 15 is 0 Å². The van der Waals surface area contributed by atoms with Crippen molar-refractivity contribution in [2.75, 3.05) is 11.1 Å². The zero-order valence-electron chi connectivity index (χ0n) is 11.0. The Kier molecular flexibility index (Phi) is 2.39. The molecule has 0 aromatic heterocycles. The average molecular weight is 252 g/mol. The largest absolute Gasteiger partial charge is 0.399 e. The van der Waals surface area contributed by atoms with Crippen molar-refractivity contribution in [1.82, 2.24) is 0 Å². The minimum Gasteiger partial charge on any atom is -0.399 e. The van der Waals surface area contributed by atoms with E-state index < -0.39 is 5.41 Å². The van der Waals surface area contributed by atoms with E-state index in [4.69, 9.17) is 5.73 Å². The summed E-state index contributed by atoms with van der Waals surface area (Å²) < 4.78 is 0. The molecule has 2 aromatic rings. The average Bonchev–Trinajstić information content (AvgIpc) is 2.62. The number of rotatable bonds is 1. The Hall–Kier alpha value is -2.29. The van der Waals surface area contributed by atoms with Crippen LogP contribution in [0.1, 0.15) is 19.4 Å². The molecule has 0 saturated carbocycles. The molecule has 0 atom stereocenters. The van der Waals surface area contributed by atoms with Gasteiger partial charge in [-0.3, -0.25) is 4.79 Å². The number of carbonyl (C=O) groups excluding carboxylic acids is 1. The van der Waals surface area contributed by atoms with Crippen molar-refractivity contribution in [3.63, 3.8) is 0 Å². The van der Waals surface area contributed by atoms with Crippen LogP contribution in [0.4, 0.5) is 11.4 Å². The van der Waals surface area contributed by atoms with Gasteiger partial charge in [-0.15, -0.1) is 0 Å². The Bertz CT molecular complexity index is 660. The second-order valence-corrected chi connectivity index (χ2v) is 5.44. The molecular weight excluding hydrogens is 236 g/mol. The van der Waals surface area contributed by atoms with Gasteiger partial charge in [0.05, 0.1) is 11.1 Å². The maximum absolute atomic E-state index is 12.1. The Morgan fingerprint density at radius 3 is 2.47 bits per heavy atom. The summed E-state index contributed by atoms with van der Waals surface area (Å²) in [6.45, 7) is 3.84. The van der Waals surface area contributed by atoms with Crippen molar-refractivity contribution in [2.45, 2.75) is 19.3 Å². The number of benzene rings is 2. The van der Waals surface area contributed by atoms with Crippen molar-refractivity contribution < 1.29 is 4.79 Å². The van der Waals surface area contributed by atoms with Crippen LogP contribution in [0.15, 0.2) is 42.5 Å². The molecule has 1 aliphatic heterocycles. The first-order valence-electron chi connectivity index (χ1n) is 6.31. The van der Waals surface area contributed by atoms with Gasteiger partial charge in [0.1, 0.15) is 0 Å². The Labute approximate surface area is 112 Å². The highest BCUT2D eigenvalue weighted by atomic mass is 16.2. The highest BCUT2D eigenvalue weighted by Crippen LogP contribution is 2.44. The van der Waals surface area contributed by atoms with E-state index in [1.165, 1.54) is 0 Å². The lowest BCUT2D eigenvalue weighted by Gasteiger charge is -2.16. The van der Waals surface area contributed by atoms with Gasteiger partial charge in [0, 0.05) is 11.3 Å². The van der Waals surface area contributed by atoms with Crippen LogP contribution >= 0.6 is 0 Å². The van der Waals surface area contributed by atoms with Gasteiger partial charge in [0.25, 0.3) is 0 Å². The van der Waals surface area contributed by atoms with Crippen molar-refractivity contribution >= 4 is 17.3 Å². The summed E-state index contributed by atoms with van der Waals surface area (Å²) in [6, 6.07) is 13.8. The van der Waals surface area contributed by atoms with E-state index in [1.807, 2.05) is 56.3 Å². The lowest BCUT2D eigenvalue weighted by atomic mass is 9.84. The van der Waals surface area contributed by atoms with Crippen molar-refractivity contribution in [3.8, 4) is 11.1 Å². The maximum Gasteiger partial charge on any atom is 0.234 e. The van der Waals surface area contributed by atoms with Crippen LogP contribution in [0.3, 0.4) is 0 Å². The van der Waals surface area contributed by atoms with Crippen molar-refractivity contribution in [2.24, 2.45) is 0 Å². The summed E-state index contributed by atoms with van der Waals surface area (Å²) in [4.78, 5) is 12.1. The fourth-order valence-electron chi connectivity index (χ4n) is 2.53. The molecule has 2 aromatic carbocycles. The van der Waals surface area contributed by atoms with Crippen LogP contribution in [0.25, 0.3) is 11.1 Å². The van der Waals surface area contributed by atoms with Gasteiger partial charge >= 0.3 is 0 Å². The molecule has 0 radical (unpaired) electrons. The second kappa shape index (κ2) is 3.85. The van der Waals surface area contributed by atoms with Crippen LogP contribution in [0, 0.1) is 0 Å². The van der Waals surface area contributed by atoms with Gasteiger partial charge in [-0.2, -0.15) is 0 Å². The summed E-state index contributed by atoms with van der Waals surface area (Å²) in [5.41, 5.74) is 10.0. The fourth-order valence-corrected chi connectivity index (χ4v) is 2.53. The van der Waals surface area contributed by atoms with E-state index in [-0.39, 0.29) is 5.91 Å². The second-order valence-electron chi connectivity index (χ2n) is 5.44. The highest BCUT2D eigenvalue weighted by molar-refractivity contribution is 6.09. The Morgan fingerprint density at radius 1 is 1.11 bits per heavy atom. The summed E-state index contributed by atoms with van der Waals surface area (Å²) in [5.74, 6) is 0.0188. The number of fused-ring (bicyclic) bond motifs is 1. The Morgan fingerprint density at radius 2 is 1.79 bits per heavy atom. The first kappa shape index (κ1) is 11.8. The molecule has 0 spiro atoms. The zero-order valence-corrected chi connectivity index (χ0v) is 11.0. The molecule has 3 nitrogen and oxygen atoms in total. The first-order chi connectivity index (χ1) is 9.00. The third-order valence-corrected chi connectivity index (χ3v) is 3.73. The maximum atomic E-state index is 12.1. The topological polar surface area (TPSA) is 55.1 Å². The van der Waals surface area contributed by atoms with Crippen LogP contribution < -0.4 is 11.1 Å². The molecular formula is C16H16N2O. The number of carbonyl (C=O) groups is 1. The van der Waals surface area contributed by atoms with Crippen molar-refractivity contribution in [1.29, 1.82) is 0 Å². The number of hydrogen-bond acceptors (Lipinski definition) is 2. The van der Waals surface area contributed by atoms with Gasteiger partial charge in [0.2, 0.25) is 5.91 Å². The molecule has 1 heterocycles. The molecule has 0 fully saturated rings. The molecule has 3 heteroatoms. The molecule has 1 amide bonds. The van der Waals surface area contributed by atoms with E-state index in [0.29, 0.717) is 5.69 Å². The molecule has 0 unspecified atom stereocenters. The Balaban J connectivity index is 2.28. The van der Waals surface area contributed by atoms with E-state index in [1.54, 1.807) is 0 Å². The molecule has 19 heavy (non-hydrogen) atoms. The van der Waals surface area contributed by atoms with E-state index in [0.717, 1.165) is 22.4 Å². The monoisotopic (exact) mass is 252 g/mol. The minimum absolute atomic E-state index is 0.0188. The number of hydrogen-bond donors (Lipinski definition) is 2. The third kappa shape index (κ3) is 1.70. The standard InChI is InChI=1S/C16H16N2O/c1-16(2)13-9-11(17)8-12(14(13)18-15(16)19)10-6-4-3-5-7-10/h3-9H,17H2,1-2H3,(H,18,19). The summed E-state index contributed by atoms with van der Waals surface area (Å²) >= 11 is 0.